The molecule has 1 aromatic rings. The van der Waals surface area contributed by atoms with Gasteiger partial charge < -0.3 is 15.1 Å². The zero-order valence-electron chi connectivity index (χ0n) is 15.4. The van der Waals surface area contributed by atoms with Gasteiger partial charge in [0, 0.05) is 56.1 Å². The second kappa shape index (κ2) is 7.85. The lowest BCUT2D eigenvalue weighted by molar-refractivity contribution is -0.136. The van der Waals surface area contributed by atoms with Crippen molar-refractivity contribution in [2.24, 2.45) is 5.92 Å². The van der Waals surface area contributed by atoms with Gasteiger partial charge in [0.2, 0.25) is 11.8 Å². The summed E-state index contributed by atoms with van der Waals surface area (Å²) < 4.78 is 0. The number of hydrogen-bond donors (Lipinski definition) is 1. The topological polar surface area (TPSA) is 82.6 Å². The molecule has 1 unspecified atom stereocenters. The lowest BCUT2D eigenvalue weighted by Crippen LogP contribution is -2.48. The van der Waals surface area contributed by atoms with Crippen molar-refractivity contribution in [3.8, 4) is 0 Å². The summed E-state index contributed by atoms with van der Waals surface area (Å²) in [6.07, 6.45) is 4.98. The molecule has 3 heterocycles. The first-order valence-corrected chi connectivity index (χ1v) is 9.25. The van der Waals surface area contributed by atoms with Gasteiger partial charge in [-0.1, -0.05) is 0 Å². The summed E-state index contributed by atoms with van der Waals surface area (Å²) in [6, 6.07) is 3.57. The molecule has 2 aliphatic rings. The molecule has 0 bridgehead atoms. The van der Waals surface area contributed by atoms with Crippen molar-refractivity contribution in [1.29, 1.82) is 0 Å². The van der Waals surface area contributed by atoms with Crippen molar-refractivity contribution < 1.29 is 14.4 Å². The van der Waals surface area contributed by atoms with Crippen molar-refractivity contribution in [2.75, 3.05) is 19.6 Å². The van der Waals surface area contributed by atoms with Crippen molar-refractivity contribution in [3.63, 3.8) is 0 Å². The highest BCUT2D eigenvalue weighted by atomic mass is 16.2. The van der Waals surface area contributed by atoms with Crippen LogP contribution in [0.4, 0.5) is 0 Å². The number of carbonyl (C=O) groups is 3. The molecule has 140 valence electrons. The average Bonchev–Trinajstić information content (AvgIpc) is 3.04. The van der Waals surface area contributed by atoms with E-state index < -0.39 is 0 Å². The molecule has 3 amide bonds. The van der Waals surface area contributed by atoms with Crippen molar-refractivity contribution in [1.82, 2.24) is 20.1 Å². The van der Waals surface area contributed by atoms with Crippen LogP contribution in [0.1, 0.15) is 43.5 Å². The van der Waals surface area contributed by atoms with Crippen LogP contribution in [0.2, 0.25) is 0 Å². The van der Waals surface area contributed by atoms with Gasteiger partial charge in [-0.25, -0.2) is 0 Å². The van der Waals surface area contributed by atoms with E-state index in [2.05, 4.69) is 10.3 Å². The van der Waals surface area contributed by atoms with E-state index in [0.29, 0.717) is 31.6 Å². The van der Waals surface area contributed by atoms with E-state index in [1.165, 1.54) is 0 Å². The molecule has 2 fully saturated rings. The first-order valence-electron chi connectivity index (χ1n) is 9.25. The van der Waals surface area contributed by atoms with E-state index >= 15 is 0 Å². The smallest absolute Gasteiger partial charge is 0.251 e. The number of pyridine rings is 1. The molecule has 3 rings (SSSR count). The molecular formula is C19H26N4O3. The number of piperidine rings is 1. The van der Waals surface area contributed by atoms with Gasteiger partial charge in [-0.05, 0) is 38.8 Å². The Bertz CT molecular complexity index is 669. The highest BCUT2D eigenvalue weighted by Gasteiger charge is 2.38. The van der Waals surface area contributed by atoms with Crippen molar-refractivity contribution in [2.45, 2.75) is 45.2 Å². The fraction of sp³-hybridized carbons (Fsp3) is 0.579. The third-order valence-electron chi connectivity index (χ3n) is 5.22. The molecule has 0 saturated carbocycles. The van der Waals surface area contributed by atoms with Gasteiger partial charge in [0.1, 0.15) is 0 Å². The number of amides is 3. The number of likely N-dealkylation sites (tertiary alicyclic amines) is 2. The van der Waals surface area contributed by atoms with E-state index in [1.807, 2.05) is 18.7 Å². The molecular weight excluding hydrogens is 332 g/mol. The summed E-state index contributed by atoms with van der Waals surface area (Å²) in [7, 11) is 0. The Morgan fingerprint density at radius 2 is 1.85 bits per heavy atom. The van der Waals surface area contributed by atoms with E-state index in [9.17, 15) is 14.4 Å². The van der Waals surface area contributed by atoms with E-state index in [4.69, 9.17) is 0 Å². The molecule has 1 N–H and O–H groups in total. The van der Waals surface area contributed by atoms with Crippen LogP contribution < -0.4 is 5.32 Å². The Labute approximate surface area is 153 Å². The monoisotopic (exact) mass is 358 g/mol. The fourth-order valence-electron chi connectivity index (χ4n) is 3.67. The van der Waals surface area contributed by atoms with Gasteiger partial charge in [0.15, 0.2) is 0 Å². The van der Waals surface area contributed by atoms with E-state index in [0.717, 1.165) is 12.8 Å². The predicted molar refractivity (Wildman–Crippen MR) is 96.3 cm³/mol. The maximum atomic E-state index is 12.7. The minimum Gasteiger partial charge on any atom is -0.349 e. The fourth-order valence-corrected chi connectivity index (χ4v) is 3.67. The Kier molecular flexibility index (Phi) is 5.54. The Balaban J connectivity index is 1.48. The molecule has 26 heavy (non-hydrogen) atoms. The molecule has 0 aromatic carbocycles. The molecule has 7 nitrogen and oxygen atoms in total. The van der Waals surface area contributed by atoms with Crippen LogP contribution in [0.5, 0.6) is 0 Å². The molecule has 2 saturated heterocycles. The predicted octanol–water partition coefficient (Wildman–Crippen LogP) is 1.06. The second-order valence-electron chi connectivity index (χ2n) is 7.35. The number of rotatable bonds is 4. The normalized spacial score (nSPS) is 21.3. The molecule has 0 aliphatic carbocycles. The van der Waals surface area contributed by atoms with Gasteiger partial charge in [-0.15, -0.1) is 0 Å². The van der Waals surface area contributed by atoms with E-state index in [1.54, 1.807) is 29.4 Å². The molecule has 2 aliphatic heterocycles. The Hall–Kier alpha value is -2.44. The molecule has 1 aromatic heterocycles. The van der Waals surface area contributed by atoms with Crippen LogP contribution in [0, 0.1) is 5.92 Å². The maximum absolute atomic E-state index is 12.7. The summed E-state index contributed by atoms with van der Waals surface area (Å²) >= 11 is 0. The zero-order valence-corrected chi connectivity index (χ0v) is 15.4. The van der Waals surface area contributed by atoms with Gasteiger partial charge in [-0.3, -0.25) is 19.4 Å². The van der Waals surface area contributed by atoms with Crippen LogP contribution in [-0.4, -0.2) is 64.2 Å². The summed E-state index contributed by atoms with van der Waals surface area (Å²) in [4.78, 5) is 44.5. The molecule has 0 spiro atoms. The molecule has 7 heteroatoms. The number of carbonyl (C=O) groups excluding carboxylic acids is 3. The van der Waals surface area contributed by atoms with Gasteiger partial charge in [-0.2, -0.15) is 0 Å². The van der Waals surface area contributed by atoms with Gasteiger partial charge >= 0.3 is 0 Å². The van der Waals surface area contributed by atoms with Crippen LogP contribution in [0.15, 0.2) is 24.5 Å². The lowest BCUT2D eigenvalue weighted by atomic mass is 10.0. The van der Waals surface area contributed by atoms with Gasteiger partial charge in [0.25, 0.3) is 5.91 Å². The largest absolute Gasteiger partial charge is 0.349 e. The standard InChI is InChI=1S/C19H26N4O3/c1-13(2)23-12-15(11-17(23)24)19(26)22-9-5-16(6-10-22)21-18(25)14-3-7-20-8-4-14/h3-4,7-8,13,15-16H,5-6,9-12H2,1-2H3,(H,21,25). The second-order valence-corrected chi connectivity index (χ2v) is 7.35. The van der Waals surface area contributed by atoms with Crippen molar-refractivity contribution >= 4 is 17.7 Å². The molecule has 1 atom stereocenters. The lowest BCUT2D eigenvalue weighted by Gasteiger charge is -2.34. The van der Waals surface area contributed by atoms with E-state index in [-0.39, 0.29) is 35.7 Å². The first kappa shape index (κ1) is 18.4. The Morgan fingerprint density at radius 3 is 2.42 bits per heavy atom. The van der Waals surface area contributed by atoms with Crippen LogP contribution in [0.25, 0.3) is 0 Å². The highest BCUT2D eigenvalue weighted by Crippen LogP contribution is 2.24. The highest BCUT2D eigenvalue weighted by molar-refractivity contribution is 5.94. The minimum absolute atomic E-state index is 0.0667. The summed E-state index contributed by atoms with van der Waals surface area (Å²) in [5.74, 6) is -0.197. The maximum Gasteiger partial charge on any atom is 0.251 e. The van der Waals surface area contributed by atoms with Crippen LogP contribution in [0.3, 0.4) is 0 Å². The number of nitrogens with one attached hydrogen (secondary N) is 1. The van der Waals surface area contributed by atoms with Gasteiger partial charge in [0.05, 0.1) is 5.92 Å². The van der Waals surface area contributed by atoms with Crippen LogP contribution in [-0.2, 0) is 9.59 Å². The van der Waals surface area contributed by atoms with Crippen LogP contribution >= 0.6 is 0 Å². The summed E-state index contributed by atoms with van der Waals surface area (Å²) in [5.41, 5.74) is 0.594. The number of aromatic nitrogens is 1. The first-order chi connectivity index (χ1) is 12.5. The quantitative estimate of drug-likeness (QED) is 0.872. The minimum atomic E-state index is -0.229. The molecule has 0 radical (unpaired) electrons. The average molecular weight is 358 g/mol. The summed E-state index contributed by atoms with van der Waals surface area (Å²) in [6.45, 7) is 5.70. The van der Waals surface area contributed by atoms with Crippen molar-refractivity contribution in [3.05, 3.63) is 30.1 Å². The summed E-state index contributed by atoms with van der Waals surface area (Å²) in [5, 5.41) is 3.03. The zero-order chi connectivity index (χ0) is 18.7. The third-order valence-corrected chi connectivity index (χ3v) is 5.22. The number of nitrogens with zero attached hydrogens (tertiary/aromatic N) is 3. The third kappa shape index (κ3) is 4.03. The number of hydrogen-bond acceptors (Lipinski definition) is 4. The Morgan fingerprint density at radius 1 is 1.19 bits per heavy atom. The SMILES string of the molecule is CC(C)N1CC(C(=O)N2CCC(NC(=O)c3ccncc3)CC2)CC1=O.